The Labute approximate surface area is 96.8 Å². The van der Waals surface area contributed by atoms with Gasteiger partial charge in [0.05, 0.1) is 5.69 Å². The molecule has 1 fully saturated rings. The summed E-state index contributed by atoms with van der Waals surface area (Å²) in [5.74, 6) is 0.943. The van der Waals surface area contributed by atoms with Crippen LogP contribution >= 0.6 is 0 Å². The molecule has 4 nitrogen and oxygen atoms in total. The predicted molar refractivity (Wildman–Crippen MR) is 63.1 cm³/mol. The van der Waals surface area contributed by atoms with Gasteiger partial charge < -0.3 is 10.3 Å². The molecule has 0 spiro atoms. The third kappa shape index (κ3) is 2.28. The summed E-state index contributed by atoms with van der Waals surface area (Å²) in [7, 11) is 0. The largest absolute Gasteiger partial charge is 0.361 e. The fraction of sp³-hybridized carbons (Fsp3) is 0.750. The topological polar surface area (TPSA) is 55.3 Å². The molecule has 0 radical (unpaired) electrons. The van der Waals surface area contributed by atoms with E-state index in [1.807, 2.05) is 13.8 Å². The lowest BCUT2D eigenvalue weighted by Gasteiger charge is -2.34. The molecule has 16 heavy (non-hydrogen) atoms. The van der Waals surface area contributed by atoms with Gasteiger partial charge in [0, 0.05) is 24.7 Å². The van der Waals surface area contributed by atoms with Crippen molar-refractivity contribution in [3.63, 3.8) is 0 Å². The van der Waals surface area contributed by atoms with Gasteiger partial charge in [-0.05, 0) is 33.2 Å². The summed E-state index contributed by atoms with van der Waals surface area (Å²) in [6.45, 7) is 6.82. The molecule has 0 saturated carbocycles. The minimum Gasteiger partial charge on any atom is -0.361 e. The van der Waals surface area contributed by atoms with Crippen molar-refractivity contribution >= 4 is 0 Å². The van der Waals surface area contributed by atoms with Crippen molar-refractivity contribution in [1.29, 1.82) is 0 Å². The van der Waals surface area contributed by atoms with E-state index in [1.165, 1.54) is 24.8 Å². The third-order valence-electron chi connectivity index (χ3n) is 3.56. The quantitative estimate of drug-likeness (QED) is 0.845. The van der Waals surface area contributed by atoms with Crippen LogP contribution in [0.5, 0.6) is 0 Å². The molecule has 2 N–H and O–H groups in total. The lowest BCUT2D eigenvalue weighted by Crippen LogP contribution is -2.43. The van der Waals surface area contributed by atoms with Crippen LogP contribution in [0.1, 0.15) is 36.3 Å². The van der Waals surface area contributed by atoms with Crippen molar-refractivity contribution in [2.75, 3.05) is 13.1 Å². The van der Waals surface area contributed by atoms with Crippen molar-refractivity contribution < 1.29 is 4.52 Å². The van der Waals surface area contributed by atoms with Gasteiger partial charge in [0.15, 0.2) is 0 Å². The Morgan fingerprint density at radius 2 is 2.25 bits per heavy atom. The minimum atomic E-state index is 0.530. The number of rotatable bonds is 3. The number of aromatic nitrogens is 1. The molecule has 0 bridgehead atoms. The summed E-state index contributed by atoms with van der Waals surface area (Å²) < 4.78 is 5.20. The van der Waals surface area contributed by atoms with Crippen molar-refractivity contribution in [3.8, 4) is 0 Å². The van der Waals surface area contributed by atoms with Gasteiger partial charge in [-0.15, -0.1) is 0 Å². The normalized spacial score (nSPS) is 22.6. The fourth-order valence-corrected chi connectivity index (χ4v) is 2.47. The monoisotopic (exact) mass is 223 g/mol. The molecule has 1 aliphatic heterocycles. The highest BCUT2D eigenvalue weighted by Gasteiger charge is 2.23. The van der Waals surface area contributed by atoms with Crippen LogP contribution in [0.15, 0.2) is 4.52 Å². The van der Waals surface area contributed by atoms with Crippen LogP contribution in [0.2, 0.25) is 0 Å². The minimum absolute atomic E-state index is 0.530. The van der Waals surface area contributed by atoms with E-state index in [9.17, 15) is 0 Å². The molecule has 2 heterocycles. The van der Waals surface area contributed by atoms with Gasteiger partial charge >= 0.3 is 0 Å². The average Bonchev–Trinajstić information content (AvgIpc) is 2.61. The first-order valence-corrected chi connectivity index (χ1v) is 6.08. The van der Waals surface area contributed by atoms with Crippen molar-refractivity contribution in [2.24, 2.45) is 5.73 Å². The van der Waals surface area contributed by atoms with E-state index in [-0.39, 0.29) is 0 Å². The molecule has 90 valence electrons. The number of nitrogens with two attached hydrogens (primary N) is 1. The molecule has 1 saturated heterocycles. The molecule has 2 rings (SSSR count). The van der Waals surface area contributed by atoms with Crippen LogP contribution in [-0.2, 0) is 6.54 Å². The number of aryl methyl sites for hydroxylation is 2. The first-order valence-electron chi connectivity index (χ1n) is 6.08. The van der Waals surface area contributed by atoms with Crippen molar-refractivity contribution in [1.82, 2.24) is 10.1 Å². The Kier molecular flexibility index (Phi) is 3.61. The van der Waals surface area contributed by atoms with E-state index in [2.05, 4.69) is 10.1 Å². The highest BCUT2D eigenvalue weighted by atomic mass is 16.5. The van der Waals surface area contributed by atoms with Crippen molar-refractivity contribution in [3.05, 3.63) is 17.0 Å². The van der Waals surface area contributed by atoms with E-state index in [1.54, 1.807) is 0 Å². The Morgan fingerprint density at radius 1 is 1.44 bits per heavy atom. The second-order valence-corrected chi connectivity index (χ2v) is 4.66. The summed E-state index contributed by atoms with van der Waals surface area (Å²) in [4.78, 5) is 2.47. The average molecular weight is 223 g/mol. The lowest BCUT2D eigenvalue weighted by molar-refractivity contribution is 0.144. The van der Waals surface area contributed by atoms with Gasteiger partial charge in [0.25, 0.3) is 0 Å². The van der Waals surface area contributed by atoms with E-state index in [0.717, 1.165) is 31.1 Å². The number of nitrogens with zero attached hydrogens (tertiary/aromatic N) is 2. The van der Waals surface area contributed by atoms with Crippen LogP contribution in [0.4, 0.5) is 0 Å². The number of hydrogen-bond donors (Lipinski definition) is 1. The lowest BCUT2D eigenvalue weighted by atomic mass is 10.0. The number of likely N-dealkylation sites (tertiary alicyclic amines) is 1. The van der Waals surface area contributed by atoms with Crippen LogP contribution in [0.25, 0.3) is 0 Å². The van der Waals surface area contributed by atoms with Crippen LogP contribution < -0.4 is 5.73 Å². The van der Waals surface area contributed by atoms with Crippen LogP contribution in [-0.4, -0.2) is 29.2 Å². The van der Waals surface area contributed by atoms with E-state index in [0.29, 0.717) is 6.04 Å². The second kappa shape index (κ2) is 4.97. The zero-order chi connectivity index (χ0) is 11.5. The Morgan fingerprint density at radius 3 is 2.88 bits per heavy atom. The molecule has 1 atom stereocenters. The number of piperidine rings is 1. The third-order valence-corrected chi connectivity index (χ3v) is 3.56. The standard InChI is InChI=1S/C12H21N3O/c1-9-12(10(2)16-14-9)8-15-6-4-3-5-11(15)7-13/h11H,3-8,13H2,1-2H3. The Bertz CT molecular complexity index is 329. The zero-order valence-electron chi connectivity index (χ0n) is 10.2. The maximum absolute atomic E-state index is 5.82. The summed E-state index contributed by atoms with van der Waals surface area (Å²) in [5, 5.41) is 4.00. The van der Waals surface area contributed by atoms with E-state index < -0.39 is 0 Å². The molecule has 0 aliphatic carbocycles. The summed E-state index contributed by atoms with van der Waals surface area (Å²) in [6.07, 6.45) is 3.81. The molecule has 0 aromatic carbocycles. The number of hydrogen-bond acceptors (Lipinski definition) is 4. The Balaban J connectivity index is 2.07. The van der Waals surface area contributed by atoms with Crippen LogP contribution in [0, 0.1) is 13.8 Å². The molecule has 1 unspecified atom stereocenters. The SMILES string of the molecule is Cc1noc(C)c1CN1CCCCC1CN. The Hall–Kier alpha value is -0.870. The van der Waals surface area contributed by atoms with Crippen LogP contribution in [0.3, 0.4) is 0 Å². The van der Waals surface area contributed by atoms with Gasteiger partial charge in [-0.1, -0.05) is 11.6 Å². The molecule has 0 amide bonds. The highest BCUT2D eigenvalue weighted by Crippen LogP contribution is 2.21. The second-order valence-electron chi connectivity index (χ2n) is 4.66. The fourth-order valence-electron chi connectivity index (χ4n) is 2.47. The smallest absolute Gasteiger partial charge is 0.138 e. The summed E-state index contributed by atoms with van der Waals surface area (Å²) in [6, 6.07) is 0.530. The molecule has 4 heteroatoms. The van der Waals surface area contributed by atoms with Gasteiger partial charge in [-0.3, -0.25) is 4.90 Å². The maximum atomic E-state index is 5.82. The van der Waals surface area contributed by atoms with Crippen molar-refractivity contribution in [2.45, 2.75) is 45.7 Å². The first-order chi connectivity index (χ1) is 7.72. The van der Waals surface area contributed by atoms with Gasteiger partial charge in [0.2, 0.25) is 0 Å². The van der Waals surface area contributed by atoms with E-state index in [4.69, 9.17) is 10.3 Å². The molecule has 1 aromatic rings. The first kappa shape index (κ1) is 11.6. The molecular weight excluding hydrogens is 202 g/mol. The molecular formula is C12H21N3O. The molecule has 1 aromatic heterocycles. The summed E-state index contributed by atoms with van der Waals surface area (Å²) >= 11 is 0. The molecule has 1 aliphatic rings. The maximum Gasteiger partial charge on any atom is 0.138 e. The van der Waals surface area contributed by atoms with E-state index >= 15 is 0 Å². The van der Waals surface area contributed by atoms with Gasteiger partial charge in [0.1, 0.15) is 5.76 Å². The van der Waals surface area contributed by atoms with Gasteiger partial charge in [-0.25, -0.2) is 0 Å². The summed E-state index contributed by atoms with van der Waals surface area (Å²) in [5.41, 5.74) is 8.07. The predicted octanol–water partition coefficient (Wildman–Crippen LogP) is 1.60. The zero-order valence-corrected chi connectivity index (χ0v) is 10.2. The highest BCUT2D eigenvalue weighted by molar-refractivity contribution is 5.20. The van der Waals surface area contributed by atoms with Gasteiger partial charge in [-0.2, -0.15) is 0 Å².